The Bertz CT molecular complexity index is 1230. The van der Waals surface area contributed by atoms with Crippen molar-refractivity contribution in [2.45, 2.75) is 32.0 Å². The number of nitrogens with one attached hydrogen (secondary N) is 1. The number of hydrogen-bond acceptors (Lipinski definition) is 4. The lowest BCUT2D eigenvalue weighted by Gasteiger charge is -2.17. The monoisotopic (exact) mass is 467 g/mol. The van der Waals surface area contributed by atoms with Gasteiger partial charge in [-0.05, 0) is 53.1 Å². The third kappa shape index (κ3) is 4.70. The molecule has 0 spiro atoms. The number of amides is 2. The topological polar surface area (TPSA) is 74.5 Å². The first kappa shape index (κ1) is 22.2. The summed E-state index contributed by atoms with van der Waals surface area (Å²) in [5.41, 5.74) is 10.6. The van der Waals surface area contributed by atoms with Crippen LogP contribution in [0.5, 0.6) is 0 Å². The number of alkyl halides is 2. The number of benzene rings is 2. The van der Waals surface area contributed by atoms with Crippen molar-refractivity contribution in [3.8, 4) is 11.3 Å². The number of rotatable bonds is 4. The van der Waals surface area contributed by atoms with Gasteiger partial charge in [0, 0.05) is 38.2 Å². The van der Waals surface area contributed by atoms with Crippen LogP contribution in [0.3, 0.4) is 0 Å². The molecule has 6 nitrogen and oxygen atoms in total. The molecule has 176 valence electrons. The Morgan fingerprint density at radius 3 is 2.56 bits per heavy atom. The Labute approximate surface area is 195 Å². The van der Waals surface area contributed by atoms with Gasteiger partial charge in [0.15, 0.2) is 5.82 Å². The van der Waals surface area contributed by atoms with Crippen molar-refractivity contribution >= 4 is 17.5 Å². The lowest BCUT2D eigenvalue weighted by atomic mass is 10.1. The predicted molar refractivity (Wildman–Crippen MR) is 124 cm³/mol. The van der Waals surface area contributed by atoms with Gasteiger partial charge in [0.25, 0.3) is 5.92 Å². The van der Waals surface area contributed by atoms with Crippen LogP contribution in [0.4, 0.5) is 29.5 Å². The molecule has 0 bridgehead atoms. The fourth-order valence-electron chi connectivity index (χ4n) is 4.42. The number of carbonyl (C=O) groups excluding carboxylic acids is 1. The SMILES string of the molecule is Nc1ccc(-c2ccc(F)cc2)nc1NC(=O)N1Cc2ccc(CN3CCC(F)(F)C3)cc2C1. The molecule has 1 aromatic heterocycles. The van der Waals surface area contributed by atoms with E-state index in [1.807, 2.05) is 18.2 Å². The molecule has 3 aromatic rings. The lowest BCUT2D eigenvalue weighted by Crippen LogP contribution is -2.30. The van der Waals surface area contributed by atoms with Gasteiger partial charge in [-0.15, -0.1) is 0 Å². The van der Waals surface area contributed by atoms with E-state index in [2.05, 4.69) is 10.3 Å². The van der Waals surface area contributed by atoms with E-state index >= 15 is 0 Å². The first-order chi connectivity index (χ1) is 16.3. The predicted octanol–water partition coefficient (Wildman–Crippen LogP) is 4.86. The Morgan fingerprint density at radius 1 is 1.06 bits per heavy atom. The molecule has 2 aliphatic heterocycles. The number of anilines is 2. The average Bonchev–Trinajstić information content (AvgIpc) is 3.38. The molecule has 0 saturated carbocycles. The fraction of sp³-hybridized carbons (Fsp3) is 0.280. The number of carbonyl (C=O) groups is 1. The highest BCUT2D eigenvalue weighted by Gasteiger charge is 2.38. The van der Waals surface area contributed by atoms with Gasteiger partial charge in [-0.3, -0.25) is 10.2 Å². The second-order valence-corrected chi connectivity index (χ2v) is 8.85. The van der Waals surface area contributed by atoms with E-state index in [1.54, 1.807) is 34.1 Å². The number of nitrogens with two attached hydrogens (primary N) is 1. The summed E-state index contributed by atoms with van der Waals surface area (Å²) >= 11 is 0. The Morgan fingerprint density at radius 2 is 1.82 bits per heavy atom. The number of hydrogen-bond donors (Lipinski definition) is 2. The van der Waals surface area contributed by atoms with Crippen LogP contribution in [-0.2, 0) is 19.6 Å². The van der Waals surface area contributed by atoms with Crippen molar-refractivity contribution in [3.05, 3.63) is 77.1 Å². The molecule has 5 rings (SSSR count). The minimum Gasteiger partial charge on any atom is -0.396 e. The minimum absolute atomic E-state index is 0.106. The van der Waals surface area contributed by atoms with Gasteiger partial charge in [-0.1, -0.05) is 18.2 Å². The standard InChI is InChI=1S/C25H24F3N5O/c26-20-5-3-17(4-6-20)22-8-7-21(29)23(30-22)31-24(34)33-13-18-2-1-16(11-19(18)14-33)12-32-10-9-25(27,28)15-32/h1-8,11H,9-10,12-15,29H2,(H,30,31,34). The van der Waals surface area contributed by atoms with Crippen molar-refractivity contribution < 1.29 is 18.0 Å². The van der Waals surface area contributed by atoms with Crippen LogP contribution in [0.1, 0.15) is 23.1 Å². The van der Waals surface area contributed by atoms with E-state index < -0.39 is 5.92 Å². The van der Waals surface area contributed by atoms with Gasteiger partial charge >= 0.3 is 6.03 Å². The molecule has 34 heavy (non-hydrogen) atoms. The van der Waals surface area contributed by atoms with Crippen LogP contribution >= 0.6 is 0 Å². The van der Waals surface area contributed by atoms with Gasteiger partial charge < -0.3 is 10.6 Å². The minimum atomic E-state index is -2.62. The molecule has 2 aliphatic rings. The molecule has 0 atom stereocenters. The molecular formula is C25H24F3N5O. The molecule has 0 aliphatic carbocycles. The van der Waals surface area contributed by atoms with E-state index in [4.69, 9.17) is 5.73 Å². The van der Waals surface area contributed by atoms with E-state index in [0.717, 1.165) is 16.7 Å². The summed E-state index contributed by atoms with van der Waals surface area (Å²) in [6, 6.07) is 14.8. The Kier molecular flexibility index (Phi) is 5.65. The molecule has 1 fully saturated rings. The van der Waals surface area contributed by atoms with E-state index in [1.165, 1.54) is 12.1 Å². The quantitative estimate of drug-likeness (QED) is 0.575. The number of aromatic nitrogens is 1. The third-order valence-corrected chi connectivity index (χ3v) is 6.23. The number of urea groups is 1. The maximum absolute atomic E-state index is 13.5. The summed E-state index contributed by atoms with van der Waals surface area (Å²) in [5, 5.41) is 2.78. The van der Waals surface area contributed by atoms with Crippen molar-refractivity contribution in [2.75, 3.05) is 24.1 Å². The van der Waals surface area contributed by atoms with Crippen molar-refractivity contribution in [1.29, 1.82) is 0 Å². The maximum Gasteiger partial charge on any atom is 0.323 e. The number of nitrogens with zero attached hydrogens (tertiary/aromatic N) is 3. The molecule has 2 amide bonds. The van der Waals surface area contributed by atoms with Crippen molar-refractivity contribution in [3.63, 3.8) is 0 Å². The summed E-state index contributed by atoms with van der Waals surface area (Å²) in [6.07, 6.45) is -0.106. The number of likely N-dealkylation sites (tertiary alicyclic amines) is 1. The third-order valence-electron chi connectivity index (χ3n) is 6.23. The summed E-state index contributed by atoms with van der Waals surface area (Å²) in [7, 11) is 0. The Balaban J connectivity index is 1.25. The van der Waals surface area contributed by atoms with E-state index in [-0.39, 0.29) is 30.6 Å². The molecule has 9 heteroatoms. The first-order valence-corrected chi connectivity index (χ1v) is 11.0. The number of pyridine rings is 1. The van der Waals surface area contributed by atoms with Gasteiger partial charge in [0.05, 0.1) is 17.9 Å². The smallest absolute Gasteiger partial charge is 0.323 e. The van der Waals surface area contributed by atoms with Crippen LogP contribution in [0.2, 0.25) is 0 Å². The van der Waals surface area contributed by atoms with Crippen molar-refractivity contribution in [2.24, 2.45) is 0 Å². The van der Waals surface area contributed by atoms with Crippen molar-refractivity contribution in [1.82, 2.24) is 14.8 Å². The normalized spacial score (nSPS) is 17.1. The molecule has 3 heterocycles. The maximum atomic E-state index is 13.5. The first-order valence-electron chi connectivity index (χ1n) is 11.0. The zero-order valence-corrected chi connectivity index (χ0v) is 18.4. The number of nitrogen functional groups attached to an aromatic ring is 1. The van der Waals surface area contributed by atoms with Crippen LogP contribution in [0.15, 0.2) is 54.6 Å². The molecule has 0 radical (unpaired) electrons. The molecule has 2 aromatic carbocycles. The lowest BCUT2D eigenvalue weighted by molar-refractivity contribution is 0.0115. The average molecular weight is 467 g/mol. The number of halogens is 3. The van der Waals surface area contributed by atoms with Gasteiger partial charge in [-0.25, -0.2) is 22.9 Å². The highest BCUT2D eigenvalue weighted by atomic mass is 19.3. The molecule has 1 saturated heterocycles. The number of fused-ring (bicyclic) bond motifs is 1. The highest BCUT2D eigenvalue weighted by molar-refractivity contribution is 5.92. The highest BCUT2D eigenvalue weighted by Crippen LogP contribution is 2.30. The van der Waals surface area contributed by atoms with Gasteiger partial charge in [-0.2, -0.15) is 0 Å². The van der Waals surface area contributed by atoms with Gasteiger partial charge in [0.2, 0.25) is 0 Å². The molecule has 0 unspecified atom stereocenters. The zero-order chi connectivity index (χ0) is 23.9. The van der Waals surface area contributed by atoms with Crippen LogP contribution in [0.25, 0.3) is 11.3 Å². The summed E-state index contributed by atoms with van der Waals surface area (Å²) in [5.74, 6) is -2.73. The van der Waals surface area contributed by atoms with Crippen LogP contribution in [-0.4, -0.2) is 39.8 Å². The second-order valence-electron chi connectivity index (χ2n) is 8.85. The van der Waals surface area contributed by atoms with Gasteiger partial charge in [0.1, 0.15) is 5.82 Å². The Hall–Kier alpha value is -3.59. The molecule has 3 N–H and O–H groups in total. The molecular weight excluding hydrogens is 443 g/mol. The summed E-state index contributed by atoms with van der Waals surface area (Å²) < 4.78 is 40.2. The zero-order valence-electron chi connectivity index (χ0n) is 18.4. The fourth-order valence-corrected chi connectivity index (χ4v) is 4.42. The summed E-state index contributed by atoms with van der Waals surface area (Å²) in [4.78, 5) is 20.8. The van der Waals surface area contributed by atoms with Crippen LogP contribution in [0, 0.1) is 5.82 Å². The summed E-state index contributed by atoms with van der Waals surface area (Å²) in [6.45, 7) is 1.46. The second kappa shape index (κ2) is 8.64. The van der Waals surface area contributed by atoms with E-state index in [9.17, 15) is 18.0 Å². The van der Waals surface area contributed by atoms with Crippen LogP contribution < -0.4 is 11.1 Å². The largest absolute Gasteiger partial charge is 0.396 e. The van der Waals surface area contributed by atoms with E-state index in [0.29, 0.717) is 43.1 Å².